The predicted octanol–water partition coefficient (Wildman–Crippen LogP) is 3.04. The van der Waals surface area contributed by atoms with Gasteiger partial charge < -0.3 is 10.0 Å². The molecular weight excluding hydrogens is 321 g/mol. The topological polar surface area (TPSA) is 57.6 Å². The van der Waals surface area contributed by atoms with Gasteiger partial charge in [-0.1, -0.05) is 27.5 Å². The molecule has 1 aromatic carbocycles. The Hall–Kier alpha value is -1.07. The summed E-state index contributed by atoms with van der Waals surface area (Å²) in [6.07, 6.45) is 0. The zero-order chi connectivity index (χ0) is 14.1. The Kier molecular flexibility index (Phi) is 4.40. The third kappa shape index (κ3) is 2.84. The number of carbonyl (C=O) groups excluding carboxylic acids is 1. The number of carboxylic acids is 1. The number of hydrogen-bond acceptors (Lipinski definition) is 2. The minimum absolute atomic E-state index is 0.267. The molecule has 1 N–H and O–H groups in total. The van der Waals surface area contributed by atoms with Gasteiger partial charge in [0.05, 0.1) is 10.6 Å². The van der Waals surface area contributed by atoms with E-state index in [0.29, 0.717) is 4.47 Å². The number of hydrogen-bond donors (Lipinski definition) is 1. The summed E-state index contributed by atoms with van der Waals surface area (Å²) >= 11 is 9.20. The van der Waals surface area contributed by atoms with E-state index in [0.717, 1.165) is 4.90 Å². The maximum atomic E-state index is 12.2. The summed E-state index contributed by atoms with van der Waals surface area (Å²) in [5, 5.41) is 9.38. The first-order chi connectivity index (χ1) is 8.17. The maximum Gasteiger partial charge on any atom is 0.329 e. The molecule has 0 unspecified atom stereocenters. The Balaban J connectivity index is 3.15. The number of rotatable bonds is 3. The van der Waals surface area contributed by atoms with E-state index in [1.54, 1.807) is 18.2 Å². The molecule has 1 rings (SSSR count). The van der Waals surface area contributed by atoms with Gasteiger partial charge in [-0.3, -0.25) is 4.79 Å². The predicted molar refractivity (Wildman–Crippen MR) is 73.0 cm³/mol. The van der Waals surface area contributed by atoms with Crippen LogP contribution in [0.4, 0.5) is 0 Å². The molecule has 0 aliphatic rings. The van der Waals surface area contributed by atoms with Crippen molar-refractivity contribution < 1.29 is 14.7 Å². The molecule has 0 aliphatic heterocycles. The summed E-state index contributed by atoms with van der Waals surface area (Å²) in [6.45, 7) is 2.91. The highest BCUT2D eigenvalue weighted by atomic mass is 79.9. The Morgan fingerprint density at radius 1 is 1.39 bits per heavy atom. The molecule has 0 bridgehead atoms. The van der Waals surface area contributed by atoms with Crippen LogP contribution >= 0.6 is 27.5 Å². The van der Waals surface area contributed by atoms with Gasteiger partial charge in [0.25, 0.3) is 5.91 Å². The first-order valence-electron chi connectivity index (χ1n) is 5.14. The summed E-state index contributed by atoms with van der Waals surface area (Å²) in [6, 6.07) is 4.86. The highest BCUT2D eigenvalue weighted by Gasteiger charge is 2.36. The number of aliphatic carboxylic acids is 1. The van der Waals surface area contributed by atoms with Crippen LogP contribution < -0.4 is 0 Å². The first-order valence-corrected chi connectivity index (χ1v) is 6.31. The second-order valence-corrected chi connectivity index (χ2v) is 5.68. The van der Waals surface area contributed by atoms with Crippen LogP contribution in [0.3, 0.4) is 0 Å². The molecule has 0 aliphatic carbocycles. The molecule has 0 aromatic heterocycles. The number of nitrogens with zero attached hydrogens (tertiary/aromatic N) is 1. The van der Waals surface area contributed by atoms with Crippen molar-refractivity contribution in [3.05, 3.63) is 33.3 Å². The van der Waals surface area contributed by atoms with Crippen LogP contribution in [0.1, 0.15) is 24.2 Å². The van der Waals surface area contributed by atoms with E-state index in [4.69, 9.17) is 16.7 Å². The molecule has 98 valence electrons. The zero-order valence-electron chi connectivity index (χ0n) is 10.2. The van der Waals surface area contributed by atoms with Gasteiger partial charge in [-0.25, -0.2) is 4.79 Å². The number of likely N-dealkylation sites (N-methyl/N-ethyl adjacent to an activating group) is 1. The Labute approximate surface area is 119 Å². The van der Waals surface area contributed by atoms with Crippen molar-refractivity contribution in [2.75, 3.05) is 7.05 Å². The molecule has 1 aromatic rings. The van der Waals surface area contributed by atoms with Gasteiger partial charge in [0.2, 0.25) is 0 Å². The van der Waals surface area contributed by atoms with Crippen molar-refractivity contribution in [1.29, 1.82) is 0 Å². The third-order valence-electron chi connectivity index (χ3n) is 2.83. The summed E-state index contributed by atoms with van der Waals surface area (Å²) < 4.78 is 0.705. The molecule has 6 heteroatoms. The molecule has 4 nitrogen and oxygen atoms in total. The van der Waals surface area contributed by atoms with E-state index in [1.165, 1.54) is 20.9 Å². The minimum atomic E-state index is -1.30. The molecule has 0 atom stereocenters. The normalized spacial score (nSPS) is 11.2. The van der Waals surface area contributed by atoms with E-state index in [-0.39, 0.29) is 10.6 Å². The fourth-order valence-electron chi connectivity index (χ4n) is 1.24. The quantitative estimate of drug-likeness (QED) is 0.924. The molecule has 0 heterocycles. The zero-order valence-corrected chi connectivity index (χ0v) is 12.5. The number of amides is 1. The van der Waals surface area contributed by atoms with Gasteiger partial charge in [-0.2, -0.15) is 0 Å². The van der Waals surface area contributed by atoms with Crippen LogP contribution in [0, 0.1) is 0 Å². The van der Waals surface area contributed by atoms with Crippen LogP contribution in [-0.2, 0) is 4.79 Å². The summed E-state index contributed by atoms with van der Waals surface area (Å²) in [7, 11) is 1.44. The first kappa shape index (κ1) is 15.0. The summed E-state index contributed by atoms with van der Waals surface area (Å²) in [4.78, 5) is 24.5. The third-order valence-corrected chi connectivity index (χ3v) is 3.65. The lowest BCUT2D eigenvalue weighted by atomic mass is 10.0. The molecule has 0 saturated heterocycles. The van der Waals surface area contributed by atoms with Crippen molar-refractivity contribution in [2.24, 2.45) is 0 Å². The van der Waals surface area contributed by atoms with Crippen molar-refractivity contribution in [3.63, 3.8) is 0 Å². The second kappa shape index (κ2) is 5.28. The van der Waals surface area contributed by atoms with Gasteiger partial charge in [0, 0.05) is 11.5 Å². The molecule has 1 amide bonds. The van der Waals surface area contributed by atoms with E-state index in [2.05, 4.69) is 15.9 Å². The Morgan fingerprint density at radius 3 is 2.44 bits per heavy atom. The van der Waals surface area contributed by atoms with Crippen LogP contribution in [0.25, 0.3) is 0 Å². The fraction of sp³-hybridized carbons (Fsp3) is 0.333. The lowest BCUT2D eigenvalue weighted by molar-refractivity contribution is -0.147. The fourth-order valence-corrected chi connectivity index (χ4v) is 1.80. The second-order valence-electron chi connectivity index (χ2n) is 4.35. The van der Waals surface area contributed by atoms with Crippen molar-refractivity contribution in [1.82, 2.24) is 4.90 Å². The largest absolute Gasteiger partial charge is 0.480 e. The molecule has 18 heavy (non-hydrogen) atoms. The van der Waals surface area contributed by atoms with Gasteiger partial charge in [0.1, 0.15) is 5.54 Å². The average molecular weight is 335 g/mol. The smallest absolute Gasteiger partial charge is 0.329 e. The number of benzene rings is 1. The highest BCUT2D eigenvalue weighted by Crippen LogP contribution is 2.24. The number of carbonyl (C=O) groups is 2. The number of halogens is 2. The van der Waals surface area contributed by atoms with Gasteiger partial charge in [-0.05, 0) is 32.0 Å². The van der Waals surface area contributed by atoms with Gasteiger partial charge in [-0.15, -0.1) is 0 Å². The Bertz CT molecular complexity index is 502. The SMILES string of the molecule is CN(C(=O)c1cc(Br)ccc1Cl)C(C)(C)C(=O)O. The molecule has 0 saturated carbocycles. The van der Waals surface area contributed by atoms with Gasteiger partial charge >= 0.3 is 5.97 Å². The minimum Gasteiger partial charge on any atom is -0.480 e. The molecular formula is C12H13BrClNO3. The van der Waals surface area contributed by atoms with Crippen molar-refractivity contribution in [3.8, 4) is 0 Å². The standard InChI is InChI=1S/C12H13BrClNO3/c1-12(2,11(17)18)15(3)10(16)8-6-7(13)4-5-9(8)14/h4-6H,1-3H3,(H,17,18). The highest BCUT2D eigenvalue weighted by molar-refractivity contribution is 9.10. The monoisotopic (exact) mass is 333 g/mol. The molecule has 0 radical (unpaired) electrons. The van der Waals surface area contributed by atoms with Crippen molar-refractivity contribution >= 4 is 39.4 Å². The summed E-state index contributed by atoms with van der Waals surface area (Å²) in [5.74, 6) is -1.52. The van der Waals surface area contributed by atoms with Crippen LogP contribution in [-0.4, -0.2) is 34.5 Å². The lowest BCUT2D eigenvalue weighted by Gasteiger charge is -2.31. The van der Waals surface area contributed by atoms with Crippen LogP contribution in [0.5, 0.6) is 0 Å². The van der Waals surface area contributed by atoms with E-state index < -0.39 is 17.4 Å². The maximum absolute atomic E-state index is 12.2. The lowest BCUT2D eigenvalue weighted by Crippen LogP contribution is -2.50. The Morgan fingerprint density at radius 2 is 1.94 bits per heavy atom. The van der Waals surface area contributed by atoms with Crippen LogP contribution in [0.2, 0.25) is 5.02 Å². The number of carboxylic acid groups (broad SMARTS) is 1. The average Bonchev–Trinajstić information content (AvgIpc) is 2.30. The van der Waals surface area contributed by atoms with E-state index in [9.17, 15) is 9.59 Å². The molecule has 0 fully saturated rings. The van der Waals surface area contributed by atoms with E-state index >= 15 is 0 Å². The van der Waals surface area contributed by atoms with Gasteiger partial charge in [0.15, 0.2) is 0 Å². The summed E-state index contributed by atoms with van der Waals surface area (Å²) in [5.41, 5.74) is -1.04. The van der Waals surface area contributed by atoms with Crippen molar-refractivity contribution in [2.45, 2.75) is 19.4 Å². The molecule has 0 spiro atoms. The van der Waals surface area contributed by atoms with E-state index in [1.807, 2.05) is 0 Å². The van der Waals surface area contributed by atoms with Crippen LogP contribution in [0.15, 0.2) is 22.7 Å².